The first-order valence-electron chi connectivity index (χ1n) is 8.36. The smallest absolute Gasteiger partial charge is 0.251 e. The Morgan fingerprint density at radius 2 is 1.92 bits per heavy atom. The highest BCUT2D eigenvalue weighted by Gasteiger charge is 2.30. The van der Waals surface area contributed by atoms with Gasteiger partial charge in [0.15, 0.2) is 0 Å². The third-order valence-corrected chi connectivity index (χ3v) is 4.27. The van der Waals surface area contributed by atoms with Crippen LogP contribution in [0.3, 0.4) is 0 Å². The lowest BCUT2D eigenvalue weighted by molar-refractivity contribution is -0.128. The van der Waals surface area contributed by atoms with Crippen LogP contribution in [0.4, 0.5) is 0 Å². The molecule has 3 rings (SSSR count). The van der Waals surface area contributed by atoms with E-state index in [0.29, 0.717) is 31.7 Å². The van der Waals surface area contributed by atoms with Crippen molar-refractivity contribution in [2.75, 3.05) is 13.7 Å². The number of nitrogens with zero attached hydrogens (tertiary/aromatic N) is 1. The van der Waals surface area contributed by atoms with E-state index < -0.39 is 0 Å². The van der Waals surface area contributed by atoms with Gasteiger partial charge in [-0.3, -0.25) is 9.59 Å². The maximum Gasteiger partial charge on any atom is 0.251 e. The first-order valence-corrected chi connectivity index (χ1v) is 8.36. The normalized spacial score (nSPS) is 16.9. The summed E-state index contributed by atoms with van der Waals surface area (Å²) in [5, 5.41) is 2.97. The SMILES string of the molecule is COCc1cccc(C(=O)N[C@@H]2CC(=O)N(Cc3ccccc3)C2)c1. The molecule has 0 spiro atoms. The van der Waals surface area contributed by atoms with Gasteiger partial charge in [-0.25, -0.2) is 0 Å². The maximum atomic E-state index is 12.4. The Morgan fingerprint density at radius 3 is 2.68 bits per heavy atom. The monoisotopic (exact) mass is 338 g/mol. The second kappa shape index (κ2) is 7.94. The van der Waals surface area contributed by atoms with Gasteiger partial charge in [-0.1, -0.05) is 42.5 Å². The van der Waals surface area contributed by atoms with Crippen LogP contribution in [0.2, 0.25) is 0 Å². The van der Waals surface area contributed by atoms with Crippen molar-refractivity contribution >= 4 is 11.8 Å². The van der Waals surface area contributed by atoms with E-state index in [0.717, 1.165) is 11.1 Å². The van der Waals surface area contributed by atoms with Crippen molar-refractivity contribution in [3.63, 3.8) is 0 Å². The molecule has 1 saturated heterocycles. The van der Waals surface area contributed by atoms with Crippen LogP contribution in [0.5, 0.6) is 0 Å². The zero-order valence-electron chi connectivity index (χ0n) is 14.3. The molecule has 130 valence electrons. The van der Waals surface area contributed by atoms with Crippen molar-refractivity contribution in [3.8, 4) is 0 Å². The van der Waals surface area contributed by atoms with Crippen molar-refractivity contribution in [2.24, 2.45) is 0 Å². The molecular formula is C20H22N2O3. The lowest BCUT2D eigenvalue weighted by Crippen LogP contribution is -2.37. The first kappa shape index (κ1) is 17.2. The molecule has 2 aromatic rings. The second-order valence-corrected chi connectivity index (χ2v) is 6.27. The van der Waals surface area contributed by atoms with Crippen LogP contribution in [-0.2, 0) is 22.7 Å². The van der Waals surface area contributed by atoms with Crippen molar-refractivity contribution in [2.45, 2.75) is 25.6 Å². The minimum absolute atomic E-state index is 0.0716. The molecule has 0 aromatic heterocycles. The first-order chi connectivity index (χ1) is 12.2. The quantitative estimate of drug-likeness (QED) is 0.880. The van der Waals surface area contributed by atoms with Crippen LogP contribution in [0.15, 0.2) is 54.6 Å². The highest BCUT2D eigenvalue weighted by molar-refractivity contribution is 5.95. The van der Waals surface area contributed by atoms with E-state index in [9.17, 15) is 9.59 Å². The molecule has 0 unspecified atom stereocenters. The van der Waals surface area contributed by atoms with Crippen molar-refractivity contribution in [3.05, 3.63) is 71.3 Å². The molecule has 2 aromatic carbocycles. The van der Waals surface area contributed by atoms with Crippen LogP contribution < -0.4 is 5.32 Å². The molecule has 0 aliphatic carbocycles. The van der Waals surface area contributed by atoms with Gasteiger partial charge in [0.05, 0.1) is 12.6 Å². The molecule has 5 heteroatoms. The molecule has 1 atom stereocenters. The molecule has 1 N–H and O–H groups in total. The third-order valence-electron chi connectivity index (χ3n) is 4.27. The predicted octanol–water partition coefficient (Wildman–Crippen LogP) is 2.36. The molecule has 0 bridgehead atoms. The van der Waals surface area contributed by atoms with Crippen molar-refractivity contribution in [1.82, 2.24) is 10.2 Å². The van der Waals surface area contributed by atoms with E-state index in [1.165, 1.54) is 0 Å². The number of carbonyl (C=O) groups excluding carboxylic acids is 2. The highest BCUT2D eigenvalue weighted by Crippen LogP contribution is 2.16. The molecule has 1 aliphatic heterocycles. The zero-order chi connectivity index (χ0) is 17.6. The summed E-state index contributed by atoms with van der Waals surface area (Å²) >= 11 is 0. The topological polar surface area (TPSA) is 58.6 Å². The average Bonchev–Trinajstić information content (AvgIpc) is 2.95. The summed E-state index contributed by atoms with van der Waals surface area (Å²) in [5.74, 6) is -0.0837. The fourth-order valence-electron chi connectivity index (χ4n) is 3.06. The van der Waals surface area contributed by atoms with Crippen LogP contribution in [-0.4, -0.2) is 36.4 Å². The van der Waals surface area contributed by atoms with Crippen LogP contribution in [0.1, 0.15) is 27.9 Å². The van der Waals surface area contributed by atoms with Gasteiger partial charge in [0.2, 0.25) is 5.91 Å². The van der Waals surface area contributed by atoms with Gasteiger partial charge >= 0.3 is 0 Å². The van der Waals surface area contributed by atoms with Crippen LogP contribution in [0, 0.1) is 0 Å². The van der Waals surface area contributed by atoms with Gasteiger partial charge in [0.1, 0.15) is 0 Å². The van der Waals surface area contributed by atoms with E-state index in [1.54, 1.807) is 18.1 Å². The van der Waals surface area contributed by atoms with Gasteiger partial charge in [-0.2, -0.15) is 0 Å². The summed E-state index contributed by atoms with van der Waals surface area (Å²) in [6, 6.07) is 17.1. The fourth-order valence-corrected chi connectivity index (χ4v) is 3.06. The number of rotatable bonds is 6. The Labute approximate surface area is 147 Å². The van der Waals surface area contributed by atoms with Crippen LogP contribution in [0.25, 0.3) is 0 Å². The van der Waals surface area contributed by atoms with E-state index in [2.05, 4.69) is 5.32 Å². The fraction of sp³-hybridized carbons (Fsp3) is 0.300. The minimum Gasteiger partial charge on any atom is -0.380 e. The number of likely N-dealkylation sites (tertiary alicyclic amines) is 1. The molecule has 25 heavy (non-hydrogen) atoms. The Morgan fingerprint density at radius 1 is 1.16 bits per heavy atom. The molecular weight excluding hydrogens is 316 g/mol. The number of ether oxygens (including phenoxy) is 1. The number of hydrogen-bond acceptors (Lipinski definition) is 3. The molecule has 2 amide bonds. The Bertz CT molecular complexity index is 746. The predicted molar refractivity (Wildman–Crippen MR) is 94.9 cm³/mol. The molecule has 0 radical (unpaired) electrons. The summed E-state index contributed by atoms with van der Waals surface area (Å²) < 4.78 is 5.10. The summed E-state index contributed by atoms with van der Waals surface area (Å²) in [7, 11) is 1.62. The zero-order valence-corrected chi connectivity index (χ0v) is 14.3. The van der Waals surface area contributed by atoms with Crippen LogP contribution >= 0.6 is 0 Å². The molecule has 0 saturated carbocycles. The van der Waals surface area contributed by atoms with Gasteiger partial charge in [-0.05, 0) is 23.3 Å². The van der Waals surface area contributed by atoms with E-state index in [4.69, 9.17) is 4.74 Å². The Hall–Kier alpha value is -2.66. The largest absolute Gasteiger partial charge is 0.380 e. The summed E-state index contributed by atoms with van der Waals surface area (Å²) in [5.41, 5.74) is 2.63. The molecule has 1 heterocycles. The summed E-state index contributed by atoms with van der Waals surface area (Å²) in [6.45, 7) is 1.58. The summed E-state index contributed by atoms with van der Waals surface area (Å²) in [6.07, 6.45) is 0.344. The molecule has 5 nitrogen and oxygen atoms in total. The van der Waals surface area contributed by atoms with E-state index in [1.807, 2.05) is 48.5 Å². The van der Waals surface area contributed by atoms with E-state index >= 15 is 0 Å². The minimum atomic E-state index is -0.158. The van der Waals surface area contributed by atoms with Gasteiger partial charge in [0, 0.05) is 32.2 Å². The maximum absolute atomic E-state index is 12.4. The standard InChI is InChI=1S/C20H22N2O3/c1-25-14-16-8-5-9-17(10-16)20(24)21-18-11-19(23)22(13-18)12-15-6-3-2-4-7-15/h2-10,18H,11-14H2,1H3,(H,21,24)/t18-/m1/s1. The third kappa shape index (κ3) is 4.45. The number of amides is 2. The number of benzene rings is 2. The Kier molecular flexibility index (Phi) is 5.46. The number of nitrogens with one attached hydrogen (secondary N) is 1. The molecule has 1 fully saturated rings. The van der Waals surface area contributed by atoms with Crippen molar-refractivity contribution < 1.29 is 14.3 Å². The number of methoxy groups -OCH3 is 1. The lowest BCUT2D eigenvalue weighted by atomic mass is 10.1. The van der Waals surface area contributed by atoms with E-state index in [-0.39, 0.29) is 17.9 Å². The lowest BCUT2D eigenvalue weighted by Gasteiger charge is -2.17. The highest BCUT2D eigenvalue weighted by atomic mass is 16.5. The average molecular weight is 338 g/mol. The Balaban J connectivity index is 1.59. The van der Waals surface area contributed by atoms with Gasteiger partial charge in [-0.15, -0.1) is 0 Å². The van der Waals surface area contributed by atoms with Crippen molar-refractivity contribution in [1.29, 1.82) is 0 Å². The summed E-state index contributed by atoms with van der Waals surface area (Å²) in [4.78, 5) is 26.4. The van der Waals surface area contributed by atoms with Gasteiger partial charge in [0.25, 0.3) is 5.91 Å². The second-order valence-electron chi connectivity index (χ2n) is 6.27. The number of hydrogen-bond donors (Lipinski definition) is 1. The number of carbonyl (C=O) groups is 2. The molecule has 1 aliphatic rings. The van der Waals surface area contributed by atoms with Gasteiger partial charge < -0.3 is 15.0 Å².